The van der Waals surface area contributed by atoms with Crippen LogP contribution >= 0.6 is 0 Å². The van der Waals surface area contributed by atoms with Crippen molar-refractivity contribution in [2.45, 2.75) is 39.7 Å². The smallest absolute Gasteiger partial charge is 0.299 e. The molecule has 5 nitrogen and oxygen atoms in total. The van der Waals surface area contributed by atoms with E-state index in [1.165, 1.54) is 28.7 Å². The van der Waals surface area contributed by atoms with Gasteiger partial charge in [0.1, 0.15) is 5.82 Å². The van der Waals surface area contributed by atoms with Crippen molar-refractivity contribution >= 4 is 6.08 Å². The molecule has 26 heavy (non-hydrogen) atoms. The lowest BCUT2D eigenvalue weighted by Gasteiger charge is -2.32. The molecule has 0 radical (unpaired) electrons. The van der Waals surface area contributed by atoms with Crippen LogP contribution in [0, 0.1) is 5.92 Å². The summed E-state index contributed by atoms with van der Waals surface area (Å²) in [5.41, 5.74) is 2.67. The van der Waals surface area contributed by atoms with E-state index in [0.29, 0.717) is 12.5 Å². The van der Waals surface area contributed by atoms with Crippen LogP contribution in [0.25, 0.3) is 6.08 Å². The molecule has 5 heteroatoms. The third-order valence-electron chi connectivity index (χ3n) is 5.27. The quantitative estimate of drug-likeness (QED) is 0.801. The predicted octanol–water partition coefficient (Wildman–Crippen LogP) is 2.96. The Morgan fingerprint density at radius 3 is 2.58 bits per heavy atom. The van der Waals surface area contributed by atoms with Crippen LogP contribution in [0.4, 0.5) is 0 Å². The molecule has 0 spiro atoms. The molecule has 0 atom stereocenters. The second kappa shape index (κ2) is 8.49. The number of nitrogens with zero attached hydrogens (tertiary/aromatic N) is 4. The van der Waals surface area contributed by atoms with E-state index < -0.39 is 0 Å². The molecule has 0 bridgehead atoms. The molecule has 140 valence electrons. The van der Waals surface area contributed by atoms with Gasteiger partial charge in [-0.3, -0.25) is 9.47 Å². The second-order valence-electron chi connectivity index (χ2n) is 7.39. The Labute approximate surface area is 155 Å². The van der Waals surface area contributed by atoms with E-state index in [9.17, 15) is 4.79 Å². The van der Waals surface area contributed by atoms with Crippen molar-refractivity contribution < 1.29 is 0 Å². The Morgan fingerprint density at radius 1 is 1.23 bits per heavy atom. The molecule has 1 aliphatic rings. The standard InChI is InChI=1S/C21H30N4O/c1-4-25-20(22-23(3)21(25)26)15-19-10-12-24(13-11-19)16-17(2)14-18-8-6-5-7-9-18/h5-9,14,19H,4,10-13,15-16H2,1-3H3. The maximum atomic E-state index is 12.0. The first kappa shape index (κ1) is 18.6. The zero-order chi connectivity index (χ0) is 18.5. The van der Waals surface area contributed by atoms with Gasteiger partial charge in [0.25, 0.3) is 0 Å². The normalized spacial score (nSPS) is 17.0. The van der Waals surface area contributed by atoms with Gasteiger partial charge in [0.2, 0.25) is 0 Å². The van der Waals surface area contributed by atoms with Gasteiger partial charge < -0.3 is 0 Å². The van der Waals surface area contributed by atoms with Crippen LogP contribution in [0.3, 0.4) is 0 Å². The molecule has 2 heterocycles. The summed E-state index contributed by atoms with van der Waals surface area (Å²) in [5.74, 6) is 1.57. The molecule has 0 amide bonds. The van der Waals surface area contributed by atoms with Crippen molar-refractivity contribution in [2.75, 3.05) is 19.6 Å². The SMILES string of the molecule is CCn1c(CC2CCN(CC(C)=Cc3ccccc3)CC2)nn(C)c1=O. The maximum Gasteiger partial charge on any atom is 0.345 e. The lowest BCUT2D eigenvalue weighted by Crippen LogP contribution is -2.35. The largest absolute Gasteiger partial charge is 0.345 e. The molecular formula is C21H30N4O. The summed E-state index contributed by atoms with van der Waals surface area (Å²) < 4.78 is 3.27. The van der Waals surface area contributed by atoms with E-state index >= 15 is 0 Å². The third kappa shape index (κ3) is 4.52. The summed E-state index contributed by atoms with van der Waals surface area (Å²) in [4.78, 5) is 14.6. The average molecular weight is 354 g/mol. The number of aromatic nitrogens is 3. The molecule has 1 aromatic heterocycles. The van der Waals surface area contributed by atoms with Crippen LogP contribution in [0.5, 0.6) is 0 Å². The Morgan fingerprint density at radius 2 is 1.92 bits per heavy atom. The predicted molar refractivity (Wildman–Crippen MR) is 106 cm³/mol. The molecule has 0 aliphatic carbocycles. The fourth-order valence-corrected chi connectivity index (χ4v) is 3.86. The summed E-state index contributed by atoms with van der Waals surface area (Å²) in [6.45, 7) is 8.20. The number of rotatable bonds is 6. The second-order valence-corrected chi connectivity index (χ2v) is 7.39. The number of likely N-dealkylation sites (tertiary alicyclic amines) is 1. The fraction of sp³-hybridized carbons (Fsp3) is 0.524. The van der Waals surface area contributed by atoms with E-state index in [1.54, 1.807) is 11.6 Å². The summed E-state index contributed by atoms with van der Waals surface area (Å²) in [6, 6.07) is 10.5. The van der Waals surface area contributed by atoms with Crippen LogP contribution in [-0.4, -0.2) is 38.9 Å². The van der Waals surface area contributed by atoms with Gasteiger partial charge in [-0.2, -0.15) is 5.10 Å². The van der Waals surface area contributed by atoms with Crippen LogP contribution in [0.1, 0.15) is 38.1 Å². The van der Waals surface area contributed by atoms with Gasteiger partial charge in [-0.15, -0.1) is 0 Å². The van der Waals surface area contributed by atoms with Crippen LogP contribution in [0.2, 0.25) is 0 Å². The number of aryl methyl sites for hydroxylation is 1. The van der Waals surface area contributed by atoms with Gasteiger partial charge in [0.15, 0.2) is 0 Å². The fourth-order valence-electron chi connectivity index (χ4n) is 3.86. The van der Waals surface area contributed by atoms with Crippen LogP contribution < -0.4 is 5.69 Å². The van der Waals surface area contributed by atoms with E-state index in [-0.39, 0.29) is 5.69 Å². The molecular weight excluding hydrogens is 324 g/mol. The highest BCUT2D eigenvalue weighted by Gasteiger charge is 2.22. The van der Waals surface area contributed by atoms with Crippen molar-refractivity contribution in [1.82, 2.24) is 19.2 Å². The van der Waals surface area contributed by atoms with Gasteiger partial charge in [-0.1, -0.05) is 42.0 Å². The zero-order valence-corrected chi connectivity index (χ0v) is 16.2. The third-order valence-corrected chi connectivity index (χ3v) is 5.27. The zero-order valence-electron chi connectivity index (χ0n) is 16.2. The lowest BCUT2D eigenvalue weighted by molar-refractivity contribution is 0.195. The molecule has 3 rings (SSSR count). The minimum absolute atomic E-state index is 0.00149. The van der Waals surface area contributed by atoms with Gasteiger partial charge in [0.05, 0.1) is 0 Å². The summed E-state index contributed by atoms with van der Waals surface area (Å²) in [7, 11) is 1.74. The minimum atomic E-state index is 0.00149. The van der Waals surface area contributed by atoms with E-state index in [0.717, 1.165) is 31.9 Å². The first-order valence-corrected chi connectivity index (χ1v) is 9.64. The van der Waals surface area contributed by atoms with Crippen molar-refractivity contribution in [3.8, 4) is 0 Å². The average Bonchev–Trinajstić information content (AvgIpc) is 2.90. The molecule has 1 fully saturated rings. The number of hydrogen-bond donors (Lipinski definition) is 0. The Kier molecular flexibility index (Phi) is 6.09. The van der Waals surface area contributed by atoms with Gasteiger partial charge in [-0.25, -0.2) is 9.48 Å². The van der Waals surface area contributed by atoms with Crippen molar-refractivity contribution in [1.29, 1.82) is 0 Å². The molecule has 2 aromatic rings. The van der Waals surface area contributed by atoms with Gasteiger partial charge in [0, 0.05) is 26.6 Å². The van der Waals surface area contributed by atoms with Gasteiger partial charge >= 0.3 is 5.69 Å². The molecule has 1 aromatic carbocycles. The Balaban J connectivity index is 1.52. The summed E-state index contributed by atoms with van der Waals surface area (Å²) in [6.07, 6.45) is 5.54. The van der Waals surface area contributed by atoms with Crippen molar-refractivity contribution in [3.05, 3.63) is 57.8 Å². The van der Waals surface area contributed by atoms with Crippen LogP contribution in [0.15, 0.2) is 40.7 Å². The van der Waals surface area contributed by atoms with E-state index in [4.69, 9.17) is 0 Å². The highest BCUT2D eigenvalue weighted by atomic mass is 16.2. The lowest BCUT2D eigenvalue weighted by atomic mass is 9.93. The molecule has 0 saturated carbocycles. The van der Waals surface area contributed by atoms with Crippen molar-refractivity contribution in [3.63, 3.8) is 0 Å². The van der Waals surface area contributed by atoms with E-state index in [1.807, 2.05) is 6.92 Å². The van der Waals surface area contributed by atoms with E-state index in [2.05, 4.69) is 53.3 Å². The molecule has 1 saturated heterocycles. The minimum Gasteiger partial charge on any atom is -0.299 e. The van der Waals surface area contributed by atoms with Crippen molar-refractivity contribution in [2.24, 2.45) is 13.0 Å². The summed E-state index contributed by atoms with van der Waals surface area (Å²) in [5, 5.41) is 4.43. The number of benzene rings is 1. The highest BCUT2D eigenvalue weighted by Crippen LogP contribution is 2.21. The highest BCUT2D eigenvalue weighted by molar-refractivity contribution is 5.52. The molecule has 0 N–H and O–H groups in total. The topological polar surface area (TPSA) is 43.1 Å². The summed E-state index contributed by atoms with van der Waals surface area (Å²) >= 11 is 0. The molecule has 0 unspecified atom stereocenters. The Bertz CT molecular complexity index is 795. The van der Waals surface area contributed by atoms with Gasteiger partial charge in [-0.05, 0) is 51.3 Å². The monoisotopic (exact) mass is 354 g/mol. The number of piperidine rings is 1. The first-order valence-electron chi connectivity index (χ1n) is 9.64. The van der Waals surface area contributed by atoms with Crippen LogP contribution in [-0.2, 0) is 20.0 Å². The number of hydrogen-bond acceptors (Lipinski definition) is 3. The first-order chi connectivity index (χ1) is 12.6. The maximum absolute atomic E-state index is 12.0. The Hall–Kier alpha value is -2.14. The molecule has 1 aliphatic heterocycles.